The van der Waals surface area contributed by atoms with Gasteiger partial charge in [0.1, 0.15) is 13.2 Å². The maximum atomic E-state index is 13.1. The fraction of sp³-hybridized carbons (Fsp3) is 0.774. The minimum absolute atomic E-state index is 0.122. The lowest BCUT2D eigenvalue weighted by molar-refractivity contribution is -0.917. The van der Waals surface area contributed by atoms with Crippen LogP contribution in [0.2, 0.25) is 0 Å². The molecule has 0 aliphatic carbocycles. The molecular formula is C31H53NO3. The maximum Gasteiger partial charge on any atom is 0.306 e. The van der Waals surface area contributed by atoms with Gasteiger partial charge in [-0.15, -0.1) is 5.75 Å². The zero-order valence-corrected chi connectivity index (χ0v) is 23.9. The molecule has 0 amide bonds. The molecular weight excluding hydrogens is 434 g/mol. The summed E-state index contributed by atoms with van der Waals surface area (Å²) in [6.07, 6.45) is 11.6. The Morgan fingerprint density at radius 1 is 0.886 bits per heavy atom. The van der Waals surface area contributed by atoms with Crippen molar-refractivity contribution in [2.45, 2.75) is 124 Å². The number of rotatable bonds is 13. The number of hydrogen-bond acceptors (Lipinski definition) is 3. The summed E-state index contributed by atoms with van der Waals surface area (Å²) < 4.78 is 6.85. The largest absolute Gasteiger partial charge is 0.872 e. The number of hydrogen-bond donors (Lipinski definition) is 0. The number of nitrogens with zero attached hydrogens (tertiary/aromatic N) is 1. The van der Waals surface area contributed by atoms with E-state index in [1.807, 2.05) is 12.1 Å². The van der Waals surface area contributed by atoms with Crippen molar-refractivity contribution in [3.63, 3.8) is 0 Å². The molecule has 4 heteroatoms. The van der Waals surface area contributed by atoms with Crippen molar-refractivity contribution in [1.82, 2.24) is 0 Å². The number of unbranched alkanes of at least 4 members (excludes halogenated alkanes) is 5. The van der Waals surface area contributed by atoms with Crippen LogP contribution in [0.3, 0.4) is 0 Å². The molecule has 0 N–H and O–H groups in total. The normalized spacial score (nSPS) is 16.0. The summed E-state index contributed by atoms with van der Waals surface area (Å²) in [7, 11) is 0. The molecule has 0 atom stereocenters. The van der Waals surface area contributed by atoms with E-state index < -0.39 is 0 Å². The summed E-state index contributed by atoms with van der Waals surface area (Å²) in [6, 6.07) is 4.02. The van der Waals surface area contributed by atoms with Gasteiger partial charge in [-0.25, -0.2) is 0 Å². The summed E-state index contributed by atoms with van der Waals surface area (Å²) in [6.45, 7) is 19.9. The quantitative estimate of drug-likeness (QED) is 0.175. The van der Waals surface area contributed by atoms with E-state index in [0.717, 1.165) is 27.7 Å². The minimum Gasteiger partial charge on any atom is -0.872 e. The van der Waals surface area contributed by atoms with Crippen molar-refractivity contribution in [3.05, 3.63) is 28.8 Å². The molecule has 200 valence electrons. The first-order valence-corrected chi connectivity index (χ1v) is 14.2. The molecule has 1 aromatic rings. The van der Waals surface area contributed by atoms with Crippen LogP contribution in [0.5, 0.6) is 5.75 Å². The van der Waals surface area contributed by atoms with Crippen LogP contribution in [0.15, 0.2) is 12.1 Å². The Kier molecular flexibility index (Phi) is 11.1. The van der Waals surface area contributed by atoms with Crippen LogP contribution in [-0.2, 0) is 26.8 Å². The van der Waals surface area contributed by atoms with Crippen LogP contribution < -0.4 is 5.11 Å². The third-order valence-corrected chi connectivity index (χ3v) is 7.71. The van der Waals surface area contributed by atoms with Crippen LogP contribution >= 0.6 is 0 Å². The summed E-state index contributed by atoms with van der Waals surface area (Å²) in [5.41, 5.74) is 2.28. The van der Waals surface area contributed by atoms with E-state index in [1.165, 1.54) is 71.0 Å². The Labute approximate surface area is 216 Å². The predicted octanol–water partition coefficient (Wildman–Crippen LogP) is 6.80. The monoisotopic (exact) mass is 487 g/mol. The Morgan fingerprint density at radius 3 is 1.97 bits per heavy atom. The predicted molar refractivity (Wildman–Crippen MR) is 145 cm³/mol. The van der Waals surface area contributed by atoms with E-state index in [4.69, 9.17) is 4.74 Å². The van der Waals surface area contributed by atoms with Crippen molar-refractivity contribution in [3.8, 4) is 5.75 Å². The third kappa shape index (κ3) is 9.44. The average Bonchev–Trinajstić information content (AvgIpc) is 3.22. The number of carbonyl (C=O) groups excluding carboxylic acids is 1. The molecule has 0 aromatic heterocycles. The summed E-state index contributed by atoms with van der Waals surface area (Å²) in [5.74, 6) is 0.0176. The molecule has 0 saturated carbocycles. The van der Waals surface area contributed by atoms with Crippen molar-refractivity contribution < 1.29 is 19.1 Å². The number of aryl methyl sites for hydroxylation is 1. The molecule has 1 aliphatic rings. The number of esters is 1. The van der Waals surface area contributed by atoms with Gasteiger partial charge >= 0.3 is 5.97 Å². The first kappa shape index (κ1) is 29.7. The van der Waals surface area contributed by atoms with Gasteiger partial charge < -0.3 is 14.3 Å². The Morgan fingerprint density at radius 2 is 1.43 bits per heavy atom. The minimum atomic E-state index is -0.225. The van der Waals surface area contributed by atoms with Gasteiger partial charge in [0.05, 0.1) is 19.6 Å². The first-order chi connectivity index (χ1) is 16.4. The number of likely N-dealkylation sites (tertiary alicyclic amines) is 1. The Balaban J connectivity index is 1.88. The van der Waals surface area contributed by atoms with Crippen molar-refractivity contribution in [1.29, 1.82) is 0 Å². The lowest BCUT2D eigenvalue weighted by atomic mass is 9.78. The molecule has 1 fully saturated rings. The number of quaternary nitrogens is 1. The fourth-order valence-electron chi connectivity index (χ4n) is 5.41. The molecule has 35 heavy (non-hydrogen) atoms. The highest BCUT2D eigenvalue weighted by Gasteiger charge is 2.31. The SMILES string of the molecule is CCCCCCCC[N+]1(CCOC(=O)CCc2cc(C(C)(C)C)c([O-])c(C(C)(C)C)c2)CCCC1. The number of carbonyl (C=O) groups is 1. The molecule has 1 aromatic carbocycles. The highest BCUT2D eigenvalue weighted by Crippen LogP contribution is 2.38. The van der Waals surface area contributed by atoms with Crippen molar-refractivity contribution in [2.75, 3.05) is 32.8 Å². The van der Waals surface area contributed by atoms with Crippen LogP contribution in [-0.4, -0.2) is 43.2 Å². The molecule has 0 spiro atoms. The maximum absolute atomic E-state index is 13.1. The second-order valence-corrected chi connectivity index (χ2v) is 13.0. The molecule has 0 bridgehead atoms. The number of ether oxygens (including phenoxy) is 1. The van der Waals surface area contributed by atoms with Gasteiger partial charge in [-0.3, -0.25) is 4.79 Å². The zero-order valence-electron chi connectivity index (χ0n) is 23.9. The van der Waals surface area contributed by atoms with Gasteiger partial charge in [0, 0.05) is 19.3 Å². The Bertz CT molecular complexity index is 759. The Hall–Kier alpha value is -1.55. The smallest absolute Gasteiger partial charge is 0.306 e. The highest BCUT2D eigenvalue weighted by atomic mass is 16.5. The highest BCUT2D eigenvalue weighted by molar-refractivity contribution is 5.69. The van der Waals surface area contributed by atoms with Crippen molar-refractivity contribution >= 4 is 5.97 Å². The van der Waals surface area contributed by atoms with Crippen LogP contribution in [0, 0.1) is 0 Å². The molecule has 0 radical (unpaired) electrons. The average molecular weight is 488 g/mol. The van der Waals surface area contributed by atoms with Crippen LogP contribution in [0.1, 0.15) is 123 Å². The second-order valence-electron chi connectivity index (χ2n) is 13.0. The van der Waals surface area contributed by atoms with E-state index >= 15 is 0 Å². The summed E-state index contributed by atoms with van der Waals surface area (Å²) >= 11 is 0. The summed E-state index contributed by atoms with van der Waals surface area (Å²) in [4.78, 5) is 12.6. The first-order valence-electron chi connectivity index (χ1n) is 14.2. The van der Waals surface area contributed by atoms with Gasteiger partial charge in [-0.2, -0.15) is 0 Å². The van der Waals surface area contributed by atoms with E-state index in [9.17, 15) is 9.90 Å². The lowest BCUT2D eigenvalue weighted by Gasteiger charge is -2.34. The molecule has 1 heterocycles. The standard InChI is InChI=1S/C31H53NO3/c1-8-9-10-11-12-13-18-32(19-14-15-20-32)21-22-35-28(33)17-16-25-23-26(30(2,3)4)29(34)27(24-25)31(5,6)7/h23-24H,8-22H2,1-7H3. The van der Waals surface area contributed by atoms with Gasteiger partial charge in [0.25, 0.3) is 0 Å². The van der Waals surface area contributed by atoms with Crippen LogP contribution in [0.4, 0.5) is 0 Å². The van der Waals surface area contributed by atoms with E-state index in [-0.39, 0.29) is 22.5 Å². The fourth-order valence-corrected chi connectivity index (χ4v) is 5.41. The molecule has 0 unspecified atom stereocenters. The topological polar surface area (TPSA) is 49.4 Å². The second kappa shape index (κ2) is 13.1. The van der Waals surface area contributed by atoms with E-state index in [2.05, 4.69) is 48.5 Å². The van der Waals surface area contributed by atoms with Gasteiger partial charge in [0.2, 0.25) is 0 Å². The van der Waals surface area contributed by atoms with E-state index in [0.29, 0.717) is 19.4 Å². The molecule has 1 aliphatic heterocycles. The molecule has 2 rings (SSSR count). The van der Waals surface area contributed by atoms with Gasteiger partial charge in [-0.05, 0) is 46.8 Å². The van der Waals surface area contributed by atoms with Crippen LogP contribution in [0.25, 0.3) is 0 Å². The van der Waals surface area contributed by atoms with Gasteiger partial charge in [0.15, 0.2) is 0 Å². The zero-order chi connectivity index (χ0) is 26.1. The van der Waals surface area contributed by atoms with E-state index in [1.54, 1.807) is 0 Å². The lowest BCUT2D eigenvalue weighted by Crippen LogP contribution is -2.48. The van der Waals surface area contributed by atoms with Crippen molar-refractivity contribution in [2.24, 2.45) is 0 Å². The molecule has 4 nitrogen and oxygen atoms in total. The third-order valence-electron chi connectivity index (χ3n) is 7.71. The van der Waals surface area contributed by atoms with Gasteiger partial charge in [-0.1, -0.05) is 86.3 Å². The summed E-state index contributed by atoms with van der Waals surface area (Å²) in [5, 5.41) is 13.1. The molecule has 1 saturated heterocycles. The number of benzene rings is 1.